The minimum Gasteiger partial charge on any atom is -0.490 e. The fourth-order valence-corrected chi connectivity index (χ4v) is 2.88. The molecular formula is C18H22N4O4. The molecule has 1 aliphatic heterocycles. The van der Waals surface area contributed by atoms with Crippen LogP contribution in [-0.2, 0) is 11.3 Å². The maximum absolute atomic E-state index is 12.5. The number of benzene rings is 1. The van der Waals surface area contributed by atoms with E-state index < -0.39 is 11.4 Å². The fourth-order valence-electron chi connectivity index (χ4n) is 2.88. The molecule has 1 aromatic heterocycles. The van der Waals surface area contributed by atoms with Crippen LogP contribution < -0.4 is 10.1 Å². The molecule has 1 atom stereocenters. The summed E-state index contributed by atoms with van der Waals surface area (Å²) in [4.78, 5) is 29.3. The highest BCUT2D eigenvalue weighted by Gasteiger charge is 2.42. The van der Waals surface area contributed by atoms with Gasteiger partial charge in [-0.3, -0.25) is 4.79 Å². The Bertz CT molecular complexity index is 777. The highest BCUT2D eigenvalue weighted by Crippen LogP contribution is 2.31. The van der Waals surface area contributed by atoms with Gasteiger partial charge < -0.3 is 24.6 Å². The van der Waals surface area contributed by atoms with E-state index in [1.165, 1.54) is 4.90 Å². The maximum Gasteiger partial charge on any atom is 0.321 e. The number of hydrogen-bond acceptors (Lipinski definition) is 4. The van der Waals surface area contributed by atoms with Crippen molar-refractivity contribution in [1.29, 1.82) is 0 Å². The van der Waals surface area contributed by atoms with Crippen LogP contribution in [0.25, 0.3) is 0 Å². The zero-order chi connectivity index (χ0) is 18.6. The molecule has 1 saturated heterocycles. The van der Waals surface area contributed by atoms with Gasteiger partial charge in [0, 0.05) is 25.5 Å². The summed E-state index contributed by atoms with van der Waals surface area (Å²) in [7, 11) is 0. The minimum absolute atomic E-state index is 0.192. The Morgan fingerprint density at radius 1 is 1.38 bits per heavy atom. The van der Waals surface area contributed by atoms with Crippen LogP contribution in [0, 0.1) is 5.41 Å². The number of amides is 2. The second kappa shape index (κ2) is 7.47. The van der Waals surface area contributed by atoms with E-state index in [1.54, 1.807) is 31.6 Å². The molecule has 2 N–H and O–H groups in total. The number of ether oxygens (including phenoxy) is 1. The van der Waals surface area contributed by atoms with Gasteiger partial charge >= 0.3 is 12.0 Å². The average molecular weight is 358 g/mol. The van der Waals surface area contributed by atoms with Gasteiger partial charge in [-0.1, -0.05) is 12.1 Å². The van der Waals surface area contributed by atoms with Crippen LogP contribution in [0.15, 0.2) is 43.0 Å². The van der Waals surface area contributed by atoms with Gasteiger partial charge in [0.2, 0.25) is 0 Å². The smallest absolute Gasteiger partial charge is 0.321 e. The van der Waals surface area contributed by atoms with Gasteiger partial charge in [-0.25, -0.2) is 9.78 Å². The fraction of sp³-hybridized carbons (Fsp3) is 0.389. The number of nitrogens with one attached hydrogen (secondary N) is 1. The number of nitrogens with zero attached hydrogens (tertiary/aromatic N) is 3. The molecule has 8 nitrogen and oxygen atoms in total. The van der Waals surface area contributed by atoms with E-state index in [1.807, 2.05) is 22.9 Å². The molecule has 1 aliphatic rings. The normalized spacial score (nSPS) is 19.3. The number of anilines is 1. The lowest BCUT2D eigenvalue weighted by Gasteiger charge is -2.21. The van der Waals surface area contributed by atoms with Crippen molar-refractivity contribution < 1.29 is 19.4 Å². The lowest BCUT2D eigenvalue weighted by atomic mass is 9.90. The first kappa shape index (κ1) is 17.8. The number of imidazole rings is 1. The Morgan fingerprint density at radius 2 is 2.19 bits per heavy atom. The Labute approximate surface area is 151 Å². The number of carbonyl (C=O) groups is 2. The first-order chi connectivity index (χ1) is 12.5. The molecule has 2 aromatic rings. The monoisotopic (exact) mass is 358 g/mol. The second-order valence-corrected chi connectivity index (χ2v) is 6.61. The first-order valence-corrected chi connectivity index (χ1v) is 8.45. The summed E-state index contributed by atoms with van der Waals surface area (Å²) in [5.41, 5.74) is -0.329. The second-order valence-electron chi connectivity index (χ2n) is 6.61. The van der Waals surface area contributed by atoms with Crippen LogP contribution in [-0.4, -0.2) is 51.3 Å². The summed E-state index contributed by atoms with van der Waals surface area (Å²) in [6.45, 7) is 3.35. The van der Waals surface area contributed by atoms with Crippen molar-refractivity contribution in [3.63, 3.8) is 0 Å². The first-order valence-electron chi connectivity index (χ1n) is 8.45. The third kappa shape index (κ3) is 3.96. The average Bonchev–Trinajstić information content (AvgIpc) is 3.27. The molecule has 0 aliphatic carbocycles. The van der Waals surface area contributed by atoms with Crippen molar-refractivity contribution in [2.75, 3.05) is 25.0 Å². The maximum atomic E-state index is 12.5. The van der Waals surface area contributed by atoms with Crippen LogP contribution in [0.3, 0.4) is 0 Å². The summed E-state index contributed by atoms with van der Waals surface area (Å²) in [5, 5.41) is 12.1. The van der Waals surface area contributed by atoms with Crippen LogP contribution in [0.5, 0.6) is 5.75 Å². The molecule has 2 amide bonds. The number of carboxylic acids is 1. The van der Waals surface area contributed by atoms with Crippen LogP contribution in [0.4, 0.5) is 10.5 Å². The Morgan fingerprint density at radius 3 is 2.88 bits per heavy atom. The van der Waals surface area contributed by atoms with Crippen molar-refractivity contribution >= 4 is 17.7 Å². The quantitative estimate of drug-likeness (QED) is 0.826. The number of para-hydroxylation sites is 2. The highest BCUT2D eigenvalue weighted by atomic mass is 16.5. The minimum atomic E-state index is -0.891. The summed E-state index contributed by atoms with van der Waals surface area (Å²) in [6.07, 6.45) is 5.71. The number of hydrogen-bond donors (Lipinski definition) is 2. The summed E-state index contributed by atoms with van der Waals surface area (Å²) < 4.78 is 7.68. The third-order valence-electron chi connectivity index (χ3n) is 4.57. The van der Waals surface area contributed by atoms with Gasteiger partial charge in [-0.15, -0.1) is 0 Å². The Hall–Kier alpha value is -3.03. The van der Waals surface area contributed by atoms with Crippen molar-refractivity contribution in [1.82, 2.24) is 14.5 Å². The van der Waals surface area contributed by atoms with E-state index in [4.69, 9.17) is 4.74 Å². The molecule has 1 aromatic carbocycles. The third-order valence-corrected chi connectivity index (χ3v) is 4.57. The van der Waals surface area contributed by atoms with Crippen molar-refractivity contribution in [2.45, 2.75) is 19.9 Å². The van der Waals surface area contributed by atoms with E-state index >= 15 is 0 Å². The number of carbonyl (C=O) groups excluding carboxylic acids is 1. The highest BCUT2D eigenvalue weighted by molar-refractivity contribution is 5.91. The van der Waals surface area contributed by atoms with Gasteiger partial charge in [0.05, 0.1) is 24.0 Å². The SMILES string of the molecule is CC1(C(=O)O)CCN(C(=O)Nc2ccccc2OCCn2ccnc2)C1. The molecule has 0 spiro atoms. The number of carboxylic acid groups (broad SMARTS) is 1. The van der Waals surface area contributed by atoms with Crippen LogP contribution in [0.1, 0.15) is 13.3 Å². The van der Waals surface area contributed by atoms with Gasteiger partial charge in [0.1, 0.15) is 12.4 Å². The largest absolute Gasteiger partial charge is 0.490 e. The van der Waals surface area contributed by atoms with E-state index in [9.17, 15) is 14.7 Å². The predicted octanol–water partition coefficient (Wildman–Crippen LogP) is 2.29. The van der Waals surface area contributed by atoms with Crippen LogP contribution in [0.2, 0.25) is 0 Å². The van der Waals surface area contributed by atoms with Crippen molar-refractivity contribution in [3.8, 4) is 5.75 Å². The summed E-state index contributed by atoms with van der Waals surface area (Å²) in [5.74, 6) is -0.308. The zero-order valence-corrected chi connectivity index (χ0v) is 14.6. The van der Waals surface area contributed by atoms with Gasteiger partial charge in [-0.2, -0.15) is 0 Å². The Balaban J connectivity index is 1.59. The molecule has 3 rings (SSSR count). The number of rotatable bonds is 6. The van der Waals surface area contributed by atoms with Crippen LogP contribution >= 0.6 is 0 Å². The standard InChI is InChI=1S/C18H22N4O4/c1-18(16(23)24)6-8-22(12-18)17(25)20-14-4-2-3-5-15(14)26-11-10-21-9-7-19-13-21/h2-5,7,9,13H,6,8,10-12H2,1H3,(H,20,25)(H,23,24). The molecule has 26 heavy (non-hydrogen) atoms. The molecule has 0 radical (unpaired) electrons. The zero-order valence-electron chi connectivity index (χ0n) is 14.6. The lowest BCUT2D eigenvalue weighted by Crippen LogP contribution is -2.37. The molecule has 0 saturated carbocycles. The number of likely N-dealkylation sites (tertiary alicyclic amines) is 1. The molecular weight excluding hydrogens is 336 g/mol. The van der Waals surface area contributed by atoms with E-state index in [-0.39, 0.29) is 12.6 Å². The van der Waals surface area contributed by atoms with E-state index in [0.717, 1.165) is 0 Å². The summed E-state index contributed by atoms with van der Waals surface area (Å²) >= 11 is 0. The number of urea groups is 1. The summed E-state index contributed by atoms with van der Waals surface area (Å²) in [6, 6.07) is 6.87. The molecule has 2 heterocycles. The van der Waals surface area contributed by atoms with E-state index in [0.29, 0.717) is 37.6 Å². The number of aliphatic carboxylic acids is 1. The molecule has 1 unspecified atom stereocenters. The van der Waals surface area contributed by atoms with Crippen molar-refractivity contribution in [2.24, 2.45) is 5.41 Å². The van der Waals surface area contributed by atoms with E-state index in [2.05, 4.69) is 10.3 Å². The molecule has 8 heteroatoms. The molecule has 138 valence electrons. The van der Waals surface area contributed by atoms with Crippen molar-refractivity contribution in [3.05, 3.63) is 43.0 Å². The molecule has 1 fully saturated rings. The Kier molecular flexibility index (Phi) is 5.11. The van der Waals surface area contributed by atoms with Gasteiger partial charge in [0.15, 0.2) is 0 Å². The topological polar surface area (TPSA) is 96.7 Å². The predicted molar refractivity (Wildman–Crippen MR) is 95.1 cm³/mol. The lowest BCUT2D eigenvalue weighted by molar-refractivity contribution is -0.146. The molecule has 0 bridgehead atoms. The van der Waals surface area contributed by atoms with Gasteiger partial charge in [0.25, 0.3) is 0 Å². The number of aromatic nitrogens is 2. The van der Waals surface area contributed by atoms with Gasteiger partial charge in [-0.05, 0) is 25.5 Å².